The minimum Gasteiger partial charge on any atom is -0.374 e. The van der Waals surface area contributed by atoms with Gasteiger partial charge >= 0.3 is 0 Å². The molecule has 0 aliphatic carbocycles. The number of ether oxygens (including phenoxy) is 2. The Bertz CT molecular complexity index is 672. The second-order valence-electron chi connectivity index (χ2n) is 6.11. The maximum absolute atomic E-state index is 12.5. The molecule has 1 unspecified atom stereocenters. The molecule has 3 rings (SSSR count). The van der Waals surface area contributed by atoms with Crippen molar-refractivity contribution >= 4 is 5.91 Å². The van der Waals surface area contributed by atoms with Crippen LogP contribution in [0.5, 0.6) is 0 Å². The molecule has 1 aliphatic heterocycles. The van der Waals surface area contributed by atoms with Crippen molar-refractivity contribution in [3.63, 3.8) is 0 Å². The van der Waals surface area contributed by atoms with Crippen molar-refractivity contribution in [2.45, 2.75) is 19.6 Å². The van der Waals surface area contributed by atoms with E-state index in [4.69, 9.17) is 9.47 Å². The van der Waals surface area contributed by atoms with Crippen LogP contribution in [-0.2, 0) is 16.1 Å². The van der Waals surface area contributed by atoms with E-state index in [0.717, 1.165) is 11.1 Å². The van der Waals surface area contributed by atoms with Crippen LogP contribution in [-0.4, -0.2) is 43.2 Å². The number of nitrogens with zero attached hydrogens (tertiary/aromatic N) is 1. The van der Waals surface area contributed by atoms with Gasteiger partial charge in [0.15, 0.2) is 0 Å². The van der Waals surface area contributed by atoms with Gasteiger partial charge in [0.05, 0.1) is 25.9 Å². The molecule has 2 aromatic carbocycles. The lowest BCUT2D eigenvalue weighted by atomic mass is 10.1. The molecule has 126 valence electrons. The summed E-state index contributed by atoms with van der Waals surface area (Å²) in [6.45, 7) is 4.88. The van der Waals surface area contributed by atoms with Gasteiger partial charge in [0.25, 0.3) is 5.91 Å². The molecule has 1 heterocycles. The topological polar surface area (TPSA) is 38.8 Å². The zero-order chi connectivity index (χ0) is 16.8. The number of hydrogen-bond donors (Lipinski definition) is 0. The highest BCUT2D eigenvalue weighted by Gasteiger charge is 2.25. The van der Waals surface area contributed by atoms with E-state index >= 15 is 0 Å². The fourth-order valence-corrected chi connectivity index (χ4v) is 2.88. The highest BCUT2D eigenvalue weighted by atomic mass is 16.5. The van der Waals surface area contributed by atoms with Gasteiger partial charge in [-0.15, -0.1) is 0 Å². The molecule has 1 atom stereocenters. The smallest absolute Gasteiger partial charge is 0.254 e. The van der Waals surface area contributed by atoms with Crippen molar-refractivity contribution in [3.8, 4) is 0 Å². The standard InChI is InChI=1S/C20H23NO3/c1-16-6-5-7-17(12-16)14-23-15-19-13-21(10-11-24-19)20(22)18-8-3-2-4-9-18/h2-9,12,19H,10-11,13-15H2,1H3. The summed E-state index contributed by atoms with van der Waals surface area (Å²) in [5.74, 6) is 0.0579. The molecule has 1 amide bonds. The quantitative estimate of drug-likeness (QED) is 0.848. The van der Waals surface area contributed by atoms with Crippen LogP contribution in [0, 0.1) is 6.92 Å². The number of carbonyl (C=O) groups is 1. The summed E-state index contributed by atoms with van der Waals surface area (Å²) >= 11 is 0. The molecule has 0 bridgehead atoms. The maximum atomic E-state index is 12.5. The Hall–Kier alpha value is -2.17. The molecule has 0 aromatic heterocycles. The van der Waals surface area contributed by atoms with Gasteiger partial charge in [-0.05, 0) is 24.6 Å². The number of benzene rings is 2. The zero-order valence-corrected chi connectivity index (χ0v) is 14.0. The molecule has 1 aliphatic rings. The molecule has 1 fully saturated rings. The van der Waals surface area contributed by atoms with Gasteiger partial charge in [0.2, 0.25) is 0 Å². The Morgan fingerprint density at radius 2 is 2.04 bits per heavy atom. The molecule has 4 heteroatoms. The third-order valence-electron chi connectivity index (χ3n) is 4.10. The van der Waals surface area contributed by atoms with Crippen molar-refractivity contribution in [1.82, 2.24) is 4.90 Å². The fraction of sp³-hybridized carbons (Fsp3) is 0.350. The van der Waals surface area contributed by atoms with Gasteiger partial charge in [0.1, 0.15) is 0 Å². The number of rotatable bonds is 5. The lowest BCUT2D eigenvalue weighted by Crippen LogP contribution is -2.47. The van der Waals surface area contributed by atoms with Gasteiger partial charge in [-0.2, -0.15) is 0 Å². The number of amides is 1. The summed E-state index contributed by atoms with van der Waals surface area (Å²) in [6, 6.07) is 17.7. The lowest BCUT2D eigenvalue weighted by Gasteiger charge is -2.33. The monoisotopic (exact) mass is 325 g/mol. The number of hydrogen-bond acceptors (Lipinski definition) is 3. The average molecular weight is 325 g/mol. The van der Waals surface area contributed by atoms with Crippen LogP contribution < -0.4 is 0 Å². The van der Waals surface area contributed by atoms with E-state index in [1.54, 1.807) is 0 Å². The third kappa shape index (κ3) is 4.43. The summed E-state index contributed by atoms with van der Waals surface area (Å²) in [6.07, 6.45) is -0.0729. The Labute approximate surface area is 143 Å². The minimum atomic E-state index is -0.0729. The number of aryl methyl sites for hydroxylation is 1. The third-order valence-corrected chi connectivity index (χ3v) is 4.10. The molecule has 0 saturated carbocycles. The SMILES string of the molecule is Cc1cccc(COCC2CN(C(=O)c3ccccc3)CCO2)c1. The molecule has 24 heavy (non-hydrogen) atoms. The van der Waals surface area contributed by atoms with Crippen LogP contribution in [0.4, 0.5) is 0 Å². The second kappa shape index (κ2) is 8.08. The summed E-state index contributed by atoms with van der Waals surface area (Å²) in [5, 5.41) is 0. The van der Waals surface area contributed by atoms with Crippen LogP contribution in [0.1, 0.15) is 21.5 Å². The van der Waals surface area contributed by atoms with Crippen molar-refractivity contribution in [2.75, 3.05) is 26.3 Å². The minimum absolute atomic E-state index is 0.0579. The fourth-order valence-electron chi connectivity index (χ4n) is 2.88. The summed E-state index contributed by atoms with van der Waals surface area (Å²) in [4.78, 5) is 14.4. The number of morpholine rings is 1. The summed E-state index contributed by atoms with van der Waals surface area (Å²) in [7, 11) is 0. The van der Waals surface area contributed by atoms with Crippen LogP contribution >= 0.6 is 0 Å². The molecule has 1 saturated heterocycles. The predicted molar refractivity (Wildman–Crippen MR) is 92.9 cm³/mol. The number of carbonyl (C=O) groups excluding carboxylic acids is 1. The molecule has 0 spiro atoms. The van der Waals surface area contributed by atoms with E-state index in [0.29, 0.717) is 32.9 Å². The van der Waals surface area contributed by atoms with Crippen LogP contribution in [0.3, 0.4) is 0 Å². The van der Waals surface area contributed by atoms with Crippen molar-refractivity contribution in [3.05, 3.63) is 71.3 Å². The van der Waals surface area contributed by atoms with E-state index in [9.17, 15) is 4.79 Å². The molecule has 4 nitrogen and oxygen atoms in total. The van der Waals surface area contributed by atoms with Crippen LogP contribution in [0.25, 0.3) is 0 Å². The molecule has 0 N–H and O–H groups in total. The summed E-state index contributed by atoms with van der Waals surface area (Å²) < 4.78 is 11.5. The Morgan fingerprint density at radius 3 is 2.83 bits per heavy atom. The van der Waals surface area contributed by atoms with E-state index in [1.807, 2.05) is 41.3 Å². The first kappa shape index (κ1) is 16.7. The van der Waals surface area contributed by atoms with Crippen molar-refractivity contribution in [1.29, 1.82) is 0 Å². The normalized spacial score (nSPS) is 17.7. The first-order valence-corrected chi connectivity index (χ1v) is 8.31. The maximum Gasteiger partial charge on any atom is 0.254 e. The molecular formula is C20H23NO3. The Morgan fingerprint density at radius 1 is 1.21 bits per heavy atom. The first-order valence-electron chi connectivity index (χ1n) is 8.31. The van der Waals surface area contributed by atoms with E-state index in [1.165, 1.54) is 5.56 Å². The highest BCUT2D eigenvalue weighted by Crippen LogP contribution is 2.12. The van der Waals surface area contributed by atoms with Gasteiger partial charge in [-0.25, -0.2) is 0 Å². The largest absolute Gasteiger partial charge is 0.374 e. The van der Waals surface area contributed by atoms with Gasteiger partial charge in [0, 0.05) is 18.7 Å². The zero-order valence-electron chi connectivity index (χ0n) is 14.0. The van der Waals surface area contributed by atoms with Crippen LogP contribution in [0.15, 0.2) is 54.6 Å². The molecule has 2 aromatic rings. The van der Waals surface area contributed by atoms with E-state index in [2.05, 4.69) is 25.1 Å². The lowest BCUT2D eigenvalue weighted by molar-refractivity contribution is -0.0647. The second-order valence-corrected chi connectivity index (χ2v) is 6.11. The van der Waals surface area contributed by atoms with Gasteiger partial charge < -0.3 is 14.4 Å². The van der Waals surface area contributed by atoms with Crippen molar-refractivity contribution in [2.24, 2.45) is 0 Å². The van der Waals surface area contributed by atoms with Gasteiger partial charge in [-0.1, -0.05) is 48.0 Å². The average Bonchev–Trinajstić information content (AvgIpc) is 2.62. The molecular weight excluding hydrogens is 302 g/mol. The van der Waals surface area contributed by atoms with Crippen LogP contribution in [0.2, 0.25) is 0 Å². The molecule has 0 radical (unpaired) electrons. The highest BCUT2D eigenvalue weighted by molar-refractivity contribution is 5.94. The van der Waals surface area contributed by atoms with Gasteiger partial charge in [-0.3, -0.25) is 4.79 Å². The Kier molecular flexibility index (Phi) is 5.62. The first-order chi connectivity index (χ1) is 11.7. The predicted octanol–water partition coefficient (Wildman–Crippen LogP) is 3.05. The van der Waals surface area contributed by atoms with E-state index < -0.39 is 0 Å². The Balaban J connectivity index is 1.49. The van der Waals surface area contributed by atoms with Crippen molar-refractivity contribution < 1.29 is 14.3 Å². The summed E-state index contributed by atoms with van der Waals surface area (Å²) in [5.41, 5.74) is 3.10. The van der Waals surface area contributed by atoms with E-state index in [-0.39, 0.29) is 12.0 Å².